The Labute approximate surface area is 119 Å². The molecule has 0 radical (unpaired) electrons. The van der Waals surface area contributed by atoms with E-state index in [2.05, 4.69) is 22.5 Å². The van der Waals surface area contributed by atoms with Crippen molar-refractivity contribution in [1.29, 1.82) is 0 Å². The number of rotatable bonds is 5. The summed E-state index contributed by atoms with van der Waals surface area (Å²) in [5, 5.41) is 14.8. The van der Waals surface area contributed by atoms with Crippen LogP contribution in [0.2, 0.25) is 0 Å². The Morgan fingerprint density at radius 2 is 1.95 bits per heavy atom. The van der Waals surface area contributed by atoms with Gasteiger partial charge in [0.05, 0.1) is 0 Å². The molecule has 2 rings (SSSR count). The van der Waals surface area contributed by atoms with E-state index in [0.29, 0.717) is 12.8 Å². The highest BCUT2D eigenvalue weighted by Gasteiger charge is 2.45. The van der Waals surface area contributed by atoms with Crippen LogP contribution < -0.4 is 10.6 Å². The van der Waals surface area contributed by atoms with Crippen LogP contribution in [0.3, 0.4) is 0 Å². The summed E-state index contributed by atoms with van der Waals surface area (Å²) in [5.41, 5.74) is -1.02. The maximum absolute atomic E-state index is 11.9. The van der Waals surface area contributed by atoms with Crippen molar-refractivity contribution in [2.24, 2.45) is 0 Å². The molecule has 20 heavy (non-hydrogen) atoms. The van der Waals surface area contributed by atoms with Crippen molar-refractivity contribution in [3.63, 3.8) is 0 Å². The Morgan fingerprint density at radius 3 is 2.40 bits per heavy atom. The van der Waals surface area contributed by atoms with Gasteiger partial charge in [-0.05, 0) is 45.1 Å². The molecule has 1 saturated carbocycles. The monoisotopic (exact) mass is 283 g/mol. The number of carboxylic acid groups (broad SMARTS) is 1. The second-order valence-electron chi connectivity index (χ2n) is 5.96. The molecule has 2 aliphatic rings. The maximum atomic E-state index is 11.9. The molecule has 0 aromatic rings. The Balaban J connectivity index is 1.74. The van der Waals surface area contributed by atoms with Gasteiger partial charge in [-0.3, -0.25) is 0 Å². The molecule has 0 bridgehead atoms. The molecule has 6 heteroatoms. The number of aliphatic carboxylic acids is 1. The first kappa shape index (κ1) is 15.1. The summed E-state index contributed by atoms with van der Waals surface area (Å²) < 4.78 is 0. The summed E-state index contributed by atoms with van der Waals surface area (Å²) in [6.45, 7) is 5.29. The van der Waals surface area contributed by atoms with Gasteiger partial charge >= 0.3 is 12.0 Å². The molecular formula is C14H25N3O3. The Bertz CT molecular complexity index is 361. The zero-order valence-corrected chi connectivity index (χ0v) is 12.2. The van der Waals surface area contributed by atoms with Gasteiger partial charge in [0.1, 0.15) is 5.54 Å². The topological polar surface area (TPSA) is 81.7 Å². The number of amides is 2. The maximum Gasteiger partial charge on any atom is 0.329 e. The lowest BCUT2D eigenvalue weighted by Crippen LogP contribution is -2.62. The molecule has 1 aliphatic heterocycles. The molecule has 6 nitrogen and oxygen atoms in total. The molecular weight excluding hydrogens is 258 g/mol. The first-order chi connectivity index (χ1) is 9.55. The van der Waals surface area contributed by atoms with Crippen LogP contribution in [0.25, 0.3) is 0 Å². The lowest BCUT2D eigenvalue weighted by atomic mass is 9.77. The number of likely N-dealkylation sites (tertiary alicyclic amines) is 1. The van der Waals surface area contributed by atoms with Gasteiger partial charge in [-0.2, -0.15) is 0 Å². The molecule has 1 saturated heterocycles. The fraction of sp³-hybridized carbons (Fsp3) is 0.857. The first-order valence-electron chi connectivity index (χ1n) is 7.60. The largest absolute Gasteiger partial charge is 0.480 e. The van der Waals surface area contributed by atoms with Crippen molar-refractivity contribution < 1.29 is 14.7 Å². The van der Waals surface area contributed by atoms with E-state index in [9.17, 15) is 14.7 Å². The first-order valence-corrected chi connectivity index (χ1v) is 7.60. The predicted octanol–water partition coefficient (Wildman–Crippen LogP) is 1.17. The SMILES string of the molecule is CCCN1CCC(NC(=O)NC2(C(=O)O)CCC2)CC1. The number of nitrogens with one attached hydrogen (secondary N) is 2. The van der Waals surface area contributed by atoms with Gasteiger partial charge in [0.25, 0.3) is 0 Å². The minimum Gasteiger partial charge on any atom is -0.480 e. The zero-order valence-electron chi connectivity index (χ0n) is 12.2. The van der Waals surface area contributed by atoms with Gasteiger partial charge in [-0.15, -0.1) is 0 Å². The summed E-state index contributed by atoms with van der Waals surface area (Å²) in [7, 11) is 0. The van der Waals surface area contributed by atoms with Crippen LogP contribution in [0, 0.1) is 0 Å². The van der Waals surface area contributed by atoms with Gasteiger partial charge in [-0.25, -0.2) is 9.59 Å². The Kier molecular flexibility index (Phi) is 4.86. The highest BCUT2D eigenvalue weighted by Crippen LogP contribution is 2.31. The molecule has 0 spiro atoms. The van der Waals surface area contributed by atoms with Gasteiger partial charge in [-0.1, -0.05) is 6.92 Å². The summed E-state index contributed by atoms with van der Waals surface area (Å²) in [4.78, 5) is 25.5. The smallest absolute Gasteiger partial charge is 0.329 e. The molecule has 1 heterocycles. The van der Waals surface area contributed by atoms with Crippen molar-refractivity contribution in [3.05, 3.63) is 0 Å². The lowest BCUT2D eigenvalue weighted by Gasteiger charge is -2.39. The fourth-order valence-electron chi connectivity index (χ4n) is 2.98. The molecule has 0 unspecified atom stereocenters. The van der Waals surface area contributed by atoms with Crippen LogP contribution in [-0.4, -0.2) is 53.2 Å². The van der Waals surface area contributed by atoms with E-state index in [0.717, 1.165) is 45.3 Å². The van der Waals surface area contributed by atoms with Gasteiger partial charge in [0.15, 0.2) is 0 Å². The third-order valence-electron chi connectivity index (χ3n) is 4.43. The predicted molar refractivity (Wildman–Crippen MR) is 75.6 cm³/mol. The molecule has 3 N–H and O–H groups in total. The van der Waals surface area contributed by atoms with Crippen LogP contribution >= 0.6 is 0 Å². The van der Waals surface area contributed by atoms with Crippen LogP contribution in [0.15, 0.2) is 0 Å². The van der Waals surface area contributed by atoms with E-state index in [-0.39, 0.29) is 12.1 Å². The molecule has 2 amide bonds. The minimum absolute atomic E-state index is 0.161. The summed E-state index contributed by atoms with van der Waals surface area (Å²) >= 11 is 0. The number of urea groups is 1. The number of hydrogen-bond acceptors (Lipinski definition) is 3. The quantitative estimate of drug-likeness (QED) is 0.707. The van der Waals surface area contributed by atoms with Crippen molar-refractivity contribution in [2.45, 2.75) is 57.0 Å². The average molecular weight is 283 g/mol. The number of nitrogens with zero attached hydrogens (tertiary/aromatic N) is 1. The normalized spacial score (nSPS) is 22.9. The number of carbonyl (C=O) groups excluding carboxylic acids is 1. The van der Waals surface area contributed by atoms with E-state index >= 15 is 0 Å². The number of carboxylic acids is 1. The van der Waals surface area contributed by atoms with Crippen molar-refractivity contribution in [3.8, 4) is 0 Å². The van der Waals surface area contributed by atoms with E-state index in [1.807, 2.05) is 0 Å². The van der Waals surface area contributed by atoms with Gasteiger partial charge in [0.2, 0.25) is 0 Å². The second kappa shape index (κ2) is 6.43. The van der Waals surface area contributed by atoms with Crippen molar-refractivity contribution in [2.75, 3.05) is 19.6 Å². The third kappa shape index (κ3) is 3.42. The fourth-order valence-corrected chi connectivity index (χ4v) is 2.98. The van der Waals surface area contributed by atoms with E-state index in [1.165, 1.54) is 0 Å². The van der Waals surface area contributed by atoms with Crippen LogP contribution in [0.5, 0.6) is 0 Å². The second-order valence-corrected chi connectivity index (χ2v) is 5.96. The highest BCUT2D eigenvalue weighted by atomic mass is 16.4. The average Bonchev–Trinajstić information content (AvgIpc) is 2.36. The molecule has 0 atom stereocenters. The van der Waals surface area contributed by atoms with Crippen LogP contribution in [0.4, 0.5) is 4.79 Å². The van der Waals surface area contributed by atoms with Crippen molar-refractivity contribution >= 4 is 12.0 Å². The third-order valence-corrected chi connectivity index (χ3v) is 4.43. The molecule has 114 valence electrons. The Morgan fingerprint density at radius 1 is 1.30 bits per heavy atom. The van der Waals surface area contributed by atoms with Crippen molar-refractivity contribution in [1.82, 2.24) is 15.5 Å². The van der Waals surface area contributed by atoms with Crippen LogP contribution in [0.1, 0.15) is 45.4 Å². The molecule has 0 aromatic heterocycles. The van der Waals surface area contributed by atoms with E-state index < -0.39 is 11.5 Å². The van der Waals surface area contributed by atoms with E-state index in [1.54, 1.807) is 0 Å². The summed E-state index contributed by atoms with van der Waals surface area (Å²) in [5.74, 6) is -0.920. The van der Waals surface area contributed by atoms with Crippen LogP contribution in [-0.2, 0) is 4.79 Å². The molecule has 0 aromatic carbocycles. The Hall–Kier alpha value is -1.30. The summed E-state index contributed by atoms with van der Waals surface area (Å²) in [6, 6.07) is -0.171. The number of piperidine rings is 1. The summed E-state index contributed by atoms with van der Waals surface area (Å²) in [6.07, 6.45) is 4.96. The van der Waals surface area contributed by atoms with Gasteiger partial charge < -0.3 is 20.6 Å². The van der Waals surface area contributed by atoms with E-state index in [4.69, 9.17) is 0 Å². The molecule has 2 fully saturated rings. The highest BCUT2D eigenvalue weighted by molar-refractivity contribution is 5.87. The number of carbonyl (C=O) groups is 2. The number of hydrogen-bond donors (Lipinski definition) is 3. The minimum atomic E-state index is -1.02. The van der Waals surface area contributed by atoms with Gasteiger partial charge in [0, 0.05) is 19.1 Å². The lowest BCUT2D eigenvalue weighted by molar-refractivity contribution is -0.148. The molecule has 1 aliphatic carbocycles. The zero-order chi connectivity index (χ0) is 14.6. The standard InChI is InChI=1S/C14H25N3O3/c1-2-8-17-9-4-11(5-10-17)15-13(20)16-14(12(18)19)6-3-7-14/h11H,2-10H2,1H3,(H,18,19)(H2,15,16,20).